The normalized spacial score (nSPS) is 11.4. The summed E-state index contributed by atoms with van der Waals surface area (Å²) in [5.41, 5.74) is 7.76. The maximum absolute atomic E-state index is 11.4. The van der Waals surface area contributed by atoms with Crippen LogP contribution < -0.4 is 11.1 Å². The van der Waals surface area contributed by atoms with Crippen molar-refractivity contribution in [2.24, 2.45) is 5.73 Å². The lowest BCUT2D eigenvalue weighted by Gasteiger charge is -2.04. The second-order valence-corrected chi connectivity index (χ2v) is 4.81. The van der Waals surface area contributed by atoms with Gasteiger partial charge in [-0.3, -0.25) is 5.41 Å². The van der Waals surface area contributed by atoms with Gasteiger partial charge in [-0.15, -0.1) is 0 Å². The predicted molar refractivity (Wildman–Crippen MR) is 93.1 cm³/mol. The summed E-state index contributed by atoms with van der Waals surface area (Å²) in [7, 11) is 0. The van der Waals surface area contributed by atoms with Crippen molar-refractivity contribution in [1.82, 2.24) is 0 Å². The second kappa shape index (κ2) is 7.61. The highest BCUT2D eigenvalue weighted by Gasteiger charge is 2.03. The van der Waals surface area contributed by atoms with Gasteiger partial charge in [0.2, 0.25) is 0 Å². The monoisotopic (exact) mass is 307 g/mol. The van der Waals surface area contributed by atoms with Crippen LogP contribution in [0.15, 0.2) is 66.2 Å². The Morgan fingerprint density at radius 2 is 1.78 bits per heavy atom. The predicted octanol–water partition coefficient (Wildman–Crippen LogP) is 3.17. The lowest BCUT2D eigenvalue weighted by molar-refractivity contribution is -0.132. The summed E-state index contributed by atoms with van der Waals surface area (Å²) in [5, 5.41) is 19.2. The van der Waals surface area contributed by atoms with Gasteiger partial charge in [-0.05, 0) is 35.4 Å². The van der Waals surface area contributed by atoms with Crippen LogP contribution in [0.25, 0.3) is 12.2 Å². The molecule has 0 aliphatic heterocycles. The summed E-state index contributed by atoms with van der Waals surface area (Å²) in [6, 6.07) is 16.5. The number of anilines is 1. The van der Waals surface area contributed by atoms with Crippen LogP contribution >= 0.6 is 0 Å². The van der Waals surface area contributed by atoms with E-state index < -0.39 is 5.97 Å². The van der Waals surface area contributed by atoms with Gasteiger partial charge in [0.05, 0.1) is 5.57 Å². The molecule has 0 aromatic heterocycles. The zero-order valence-electron chi connectivity index (χ0n) is 12.4. The molecule has 0 spiro atoms. The Hall–Kier alpha value is -3.34. The van der Waals surface area contributed by atoms with Gasteiger partial charge >= 0.3 is 5.97 Å². The molecule has 0 saturated carbocycles. The van der Waals surface area contributed by atoms with E-state index in [-0.39, 0.29) is 11.5 Å². The van der Waals surface area contributed by atoms with Gasteiger partial charge in [0.15, 0.2) is 5.96 Å². The largest absolute Gasteiger partial charge is 0.478 e. The van der Waals surface area contributed by atoms with Crippen molar-refractivity contribution >= 4 is 29.8 Å². The van der Waals surface area contributed by atoms with Crippen molar-refractivity contribution in [1.29, 1.82) is 5.41 Å². The molecule has 5 N–H and O–H groups in total. The Labute approximate surface area is 134 Å². The molecule has 0 fully saturated rings. The van der Waals surface area contributed by atoms with Gasteiger partial charge in [-0.2, -0.15) is 0 Å². The van der Waals surface area contributed by atoms with E-state index in [1.54, 1.807) is 36.4 Å². The van der Waals surface area contributed by atoms with Crippen molar-refractivity contribution < 1.29 is 9.90 Å². The maximum atomic E-state index is 11.4. The summed E-state index contributed by atoms with van der Waals surface area (Å²) in [6.45, 7) is 0. The van der Waals surface area contributed by atoms with Crippen molar-refractivity contribution in [3.05, 3.63) is 77.4 Å². The van der Waals surface area contributed by atoms with Crippen LogP contribution in [0.2, 0.25) is 0 Å². The van der Waals surface area contributed by atoms with Crippen LogP contribution in [0.4, 0.5) is 5.69 Å². The fraction of sp³-hybridized carbons (Fsp3) is 0. The third-order valence-electron chi connectivity index (χ3n) is 2.99. The highest BCUT2D eigenvalue weighted by Crippen LogP contribution is 2.14. The number of hydrogen-bond donors (Lipinski definition) is 4. The number of carbonyl (C=O) groups is 1. The molecule has 0 radical (unpaired) electrons. The molecule has 2 aromatic carbocycles. The fourth-order valence-corrected chi connectivity index (χ4v) is 1.97. The maximum Gasteiger partial charge on any atom is 0.335 e. The highest BCUT2D eigenvalue weighted by molar-refractivity contribution is 5.96. The average Bonchev–Trinajstić information content (AvgIpc) is 2.52. The summed E-state index contributed by atoms with van der Waals surface area (Å²) < 4.78 is 0. The van der Waals surface area contributed by atoms with E-state index in [1.807, 2.05) is 36.4 Å². The molecule has 23 heavy (non-hydrogen) atoms. The lowest BCUT2D eigenvalue weighted by atomic mass is 10.1. The van der Waals surface area contributed by atoms with Crippen LogP contribution in [0.1, 0.15) is 11.1 Å². The van der Waals surface area contributed by atoms with Gasteiger partial charge in [0, 0.05) is 5.69 Å². The number of carboxylic acid groups (broad SMARTS) is 1. The molecule has 0 amide bonds. The minimum absolute atomic E-state index is 0.152. The number of carboxylic acids is 1. The number of rotatable bonds is 5. The molecular weight excluding hydrogens is 290 g/mol. The fourth-order valence-electron chi connectivity index (χ4n) is 1.97. The van der Waals surface area contributed by atoms with E-state index in [1.165, 1.54) is 0 Å². The van der Waals surface area contributed by atoms with Gasteiger partial charge < -0.3 is 16.2 Å². The Balaban J connectivity index is 2.23. The SMILES string of the molecule is N=C(N)Nc1cccc(C=CC(=Cc2ccccc2)C(=O)O)c1. The van der Waals surface area contributed by atoms with Crippen molar-refractivity contribution in [3.63, 3.8) is 0 Å². The second-order valence-electron chi connectivity index (χ2n) is 4.81. The first-order valence-corrected chi connectivity index (χ1v) is 6.94. The van der Waals surface area contributed by atoms with Crippen LogP contribution in [-0.4, -0.2) is 17.0 Å². The summed E-state index contributed by atoms with van der Waals surface area (Å²) in [6.07, 6.45) is 4.85. The zero-order valence-corrected chi connectivity index (χ0v) is 12.4. The first kappa shape index (κ1) is 16.0. The smallest absolute Gasteiger partial charge is 0.335 e. The first-order chi connectivity index (χ1) is 11.0. The topological polar surface area (TPSA) is 99.2 Å². The minimum atomic E-state index is -0.997. The van der Waals surface area contributed by atoms with Crippen LogP contribution in [-0.2, 0) is 4.79 Å². The van der Waals surface area contributed by atoms with E-state index in [4.69, 9.17) is 11.1 Å². The Bertz CT molecular complexity index is 765. The molecule has 0 saturated heterocycles. The molecule has 5 heteroatoms. The van der Waals surface area contributed by atoms with E-state index in [0.29, 0.717) is 5.69 Å². The minimum Gasteiger partial charge on any atom is -0.478 e. The quantitative estimate of drug-likeness (QED) is 0.295. The highest BCUT2D eigenvalue weighted by atomic mass is 16.4. The molecule has 0 atom stereocenters. The standard InChI is InChI=1S/C18H17N3O2/c19-18(20)21-16-8-4-7-14(12-16)9-10-15(17(22)23)11-13-5-2-1-3-6-13/h1-12H,(H,22,23)(H4,19,20,21). The van der Waals surface area contributed by atoms with Crippen molar-refractivity contribution in [3.8, 4) is 0 Å². The molecule has 116 valence electrons. The van der Waals surface area contributed by atoms with Gasteiger partial charge in [0.25, 0.3) is 0 Å². The van der Waals surface area contributed by atoms with E-state index in [9.17, 15) is 9.90 Å². The Morgan fingerprint density at radius 1 is 1.09 bits per heavy atom. The van der Waals surface area contributed by atoms with Crippen LogP contribution in [0, 0.1) is 5.41 Å². The number of guanidine groups is 1. The molecule has 0 unspecified atom stereocenters. The third kappa shape index (κ3) is 5.17. The molecule has 2 rings (SSSR count). The van der Waals surface area contributed by atoms with Gasteiger partial charge in [-0.25, -0.2) is 4.79 Å². The molecule has 2 aromatic rings. The molecule has 5 nitrogen and oxygen atoms in total. The Kier molecular flexibility index (Phi) is 5.30. The van der Waals surface area contributed by atoms with Gasteiger partial charge in [-0.1, -0.05) is 48.5 Å². The number of hydrogen-bond acceptors (Lipinski definition) is 2. The molecule has 0 aliphatic carbocycles. The number of aliphatic carboxylic acids is 1. The summed E-state index contributed by atoms with van der Waals surface area (Å²) in [5.74, 6) is -1.15. The van der Waals surface area contributed by atoms with Gasteiger partial charge in [0.1, 0.15) is 0 Å². The molecule has 0 bridgehead atoms. The van der Waals surface area contributed by atoms with E-state index in [2.05, 4.69) is 5.32 Å². The van der Waals surface area contributed by atoms with Crippen molar-refractivity contribution in [2.75, 3.05) is 5.32 Å². The molecular formula is C18H17N3O2. The first-order valence-electron chi connectivity index (χ1n) is 6.94. The molecule has 0 heterocycles. The lowest BCUT2D eigenvalue weighted by Crippen LogP contribution is -2.20. The third-order valence-corrected chi connectivity index (χ3v) is 2.99. The Morgan fingerprint density at radius 3 is 2.43 bits per heavy atom. The molecule has 0 aliphatic rings. The average molecular weight is 307 g/mol. The summed E-state index contributed by atoms with van der Waals surface area (Å²) >= 11 is 0. The summed E-state index contributed by atoms with van der Waals surface area (Å²) in [4.78, 5) is 11.4. The van der Waals surface area contributed by atoms with Crippen molar-refractivity contribution in [2.45, 2.75) is 0 Å². The number of nitrogens with two attached hydrogens (primary N) is 1. The van der Waals surface area contributed by atoms with Crippen LogP contribution in [0.3, 0.4) is 0 Å². The van der Waals surface area contributed by atoms with E-state index >= 15 is 0 Å². The number of nitrogens with one attached hydrogen (secondary N) is 2. The van der Waals surface area contributed by atoms with E-state index in [0.717, 1.165) is 11.1 Å². The number of benzene rings is 2. The van der Waals surface area contributed by atoms with Crippen LogP contribution in [0.5, 0.6) is 0 Å². The zero-order chi connectivity index (χ0) is 16.7.